The van der Waals surface area contributed by atoms with Gasteiger partial charge >= 0.3 is 0 Å². The van der Waals surface area contributed by atoms with Crippen LogP contribution in [0.15, 0.2) is 22.9 Å². The van der Waals surface area contributed by atoms with Gasteiger partial charge in [-0.1, -0.05) is 0 Å². The zero-order valence-electron chi connectivity index (χ0n) is 9.82. The van der Waals surface area contributed by atoms with E-state index < -0.39 is 0 Å². The minimum Gasteiger partial charge on any atom is -0.350 e. The maximum Gasteiger partial charge on any atom is 0.251 e. The first-order valence-electron chi connectivity index (χ1n) is 5.77. The summed E-state index contributed by atoms with van der Waals surface area (Å²) in [5.74, 6) is -0.0339. The number of likely N-dealkylation sites (tertiary alicyclic amines) is 1. The number of carbonyl (C=O) groups excluding carboxylic acids is 1. The molecule has 2 rings (SSSR count). The maximum atomic E-state index is 11.9. The highest BCUT2D eigenvalue weighted by molar-refractivity contribution is 9.10. The number of nitrogens with one attached hydrogen (secondary N) is 1. The van der Waals surface area contributed by atoms with Crippen molar-refractivity contribution in [2.75, 3.05) is 20.1 Å². The van der Waals surface area contributed by atoms with Crippen LogP contribution in [-0.4, -0.2) is 42.0 Å². The van der Waals surface area contributed by atoms with E-state index in [1.165, 1.54) is 6.42 Å². The van der Waals surface area contributed by atoms with Gasteiger partial charge in [0.2, 0.25) is 0 Å². The first-order valence-corrected chi connectivity index (χ1v) is 6.56. The Hall–Kier alpha value is -0.940. The van der Waals surface area contributed by atoms with Crippen molar-refractivity contribution in [2.24, 2.45) is 0 Å². The summed E-state index contributed by atoms with van der Waals surface area (Å²) < 4.78 is 0.683. The zero-order chi connectivity index (χ0) is 12.3. The third-order valence-electron chi connectivity index (χ3n) is 3.16. The molecule has 1 saturated heterocycles. The van der Waals surface area contributed by atoms with Crippen LogP contribution < -0.4 is 5.32 Å². The molecule has 1 unspecified atom stereocenters. The van der Waals surface area contributed by atoms with Gasteiger partial charge in [-0.2, -0.15) is 0 Å². The number of hydrogen-bond acceptors (Lipinski definition) is 3. The van der Waals surface area contributed by atoms with Gasteiger partial charge < -0.3 is 10.2 Å². The second kappa shape index (κ2) is 5.60. The predicted octanol–water partition coefficient (Wildman–Crippen LogP) is 1.67. The van der Waals surface area contributed by atoms with Gasteiger partial charge in [0, 0.05) is 24.3 Å². The van der Waals surface area contributed by atoms with E-state index in [-0.39, 0.29) is 5.91 Å². The molecule has 4 nitrogen and oxygen atoms in total. The first kappa shape index (κ1) is 12.5. The third-order valence-corrected chi connectivity index (χ3v) is 3.59. The highest BCUT2D eigenvalue weighted by Crippen LogP contribution is 2.14. The molecule has 1 N–H and O–H groups in total. The highest BCUT2D eigenvalue weighted by atomic mass is 79.9. The minimum absolute atomic E-state index is 0.0339. The summed E-state index contributed by atoms with van der Waals surface area (Å²) in [4.78, 5) is 18.2. The Morgan fingerprint density at radius 1 is 1.71 bits per heavy atom. The van der Waals surface area contributed by atoms with Crippen LogP contribution in [-0.2, 0) is 0 Å². The molecular weight excluding hydrogens is 282 g/mol. The summed E-state index contributed by atoms with van der Waals surface area (Å²) >= 11 is 3.26. The van der Waals surface area contributed by atoms with E-state index in [0.29, 0.717) is 16.2 Å². The molecule has 1 aromatic heterocycles. The van der Waals surface area contributed by atoms with Crippen molar-refractivity contribution in [1.29, 1.82) is 0 Å². The van der Waals surface area contributed by atoms with E-state index in [0.717, 1.165) is 19.5 Å². The number of likely N-dealkylation sites (N-methyl/N-ethyl adjacent to an activating group) is 1. The average molecular weight is 298 g/mol. The van der Waals surface area contributed by atoms with Gasteiger partial charge in [0.1, 0.15) is 4.60 Å². The fourth-order valence-electron chi connectivity index (χ4n) is 2.09. The van der Waals surface area contributed by atoms with E-state index in [4.69, 9.17) is 0 Å². The van der Waals surface area contributed by atoms with E-state index >= 15 is 0 Å². The molecule has 17 heavy (non-hydrogen) atoms. The Labute approximate surface area is 110 Å². The number of hydrogen-bond donors (Lipinski definition) is 1. The number of pyridine rings is 1. The number of carbonyl (C=O) groups is 1. The van der Waals surface area contributed by atoms with Crippen LogP contribution in [0.1, 0.15) is 23.2 Å². The molecule has 1 amide bonds. The van der Waals surface area contributed by atoms with Crippen LogP contribution in [0, 0.1) is 0 Å². The molecule has 2 heterocycles. The van der Waals surface area contributed by atoms with E-state index in [1.807, 2.05) is 0 Å². The molecule has 1 aromatic rings. The standard InChI is InChI=1S/C12H16BrN3O/c1-16-6-2-3-10(16)8-15-12(17)9-4-5-14-11(13)7-9/h4-5,7,10H,2-3,6,8H2,1H3,(H,15,17). The summed E-state index contributed by atoms with van der Waals surface area (Å²) in [5, 5.41) is 2.97. The Morgan fingerprint density at radius 2 is 2.53 bits per heavy atom. The van der Waals surface area contributed by atoms with Crippen molar-refractivity contribution in [3.05, 3.63) is 28.5 Å². The molecule has 0 bridgehead atoms. The highest BCUT2D eigenvalue weighted by Gasteiger charge is 2.21. The lowest BCUT2D eigenvalue weighted by atomic mass is 10.2. The first-order chi connectivity index (χ1) is 8.16. The second-order valence-corrected chi connectivity index (χ2v) is 5.17. The number of halogens is 1. The van der Waals surface area contributed by atoms with Crippen LogP contribution in [0.5, 0.6) is 0 Å². The Balaban J connectivity index is 1.89. The SMILES string of the molecule is CN1CCCC1CNC(=O)c1ccnc(Br)c1. The Kier molecular flexibility index (Phi) is 4.12. The van der Waals surface area contributed by atoms with Crippen molar-refractivity contribution in [3.8, 4) is 0 Å². The molecule has 0 radical (unpaired) electrons. The van der Waals surface area contributed by atoms with Crippen LogP contribution >= 0.6 is 15.9 Å². The third kappa shape index (κ3) is 3.26. The van der Waals surface area contributed by atoms with E-state index in [1.54, 1.807) is 18.3 Å². The lowest BCUT2D eigenvalue weighted by Crippen LogP contribution is -2.38. The molecule has 0 aliphatic carbocycles. The molecular formula is C12H16BrN3O. The van der Waals surface area contributed by atoms with Gasteiger partial charge in [-0.25, -0.2) is 4.98 Å². The topological polar surface area (TPSA) is 45.2 Å². The summed E-state index contributed by atoms with van der Waals surface area (Å²) in [6.07, 6.45) is 4.01. The molecule has 92 valence electrons. The molecule has 1 aliphatic rings. The largest absolute Gasteiger partial charge is 0.350 e. The predicted molar refractivity (Wildman–Crippen MR) is 69.9 cm³/mol. The van der Waals surface area contributed by atoms with Crippen LogP contribution in [0.2, 0.25) is 0 Å². The van der Waals surface area contributed by atoms with Gasteiger partial charge in [0.15, 0.2) is 0 Å². The van der Waals surface area contributed by atoms with Crippen molar-refractivity contribution in [2.45, 2.75) is 18.9 Å². The van der Waals surface area contributed by atoms with E-state index in [9.17, 15) is 4.79 Å². The lowest BCUT2D eigenvalue weighted by molar-refractivity contribution is 0.0943. The molecule has 5 heteroatoms. The van der Waals surface area contributed by atoms with Crippen molar-refractivity contribution >= 4 is 21.8 Å². The van der Waals surface area contributed by atoms with Gasteiger partial charge in [-0.3, -0.25) is 4.79 Å². The van der Waals surface area contributed by atoms with Crippen LogP contribution in [0.25, 0.3) is 0 Å². The van der Waals surface area contributed by atoms with E-state index in [2.05, 4.69) is 38.2 Å². The average Bonchev–Trinajstić information content (AvgIpc) is 2.72. The molecule has 0 spiro atoms. The smallest absolute Gasteiger partial charge is 0.251 e. The normalized spacial score (nSPS) is 20.5. The monoisotopic (exact) mass is 297 g/mol. The quantitative estimate of drug-likeness (QED) is 0.863. The molecule has 0 aromatic carbocycles. The van der Waals surface area contributed by atoms with Crippen LogP contribution in [0.4, 0.5) is 0 Å². The van der Waals surface area contributed by atoms with Gasteiger partial charge in [0.05, 0.1) is 0 Å². The zero-order valence-corrected chi connectivity index (χ0v) is 11.4. The molecule has 1 atom stereocenters. The summed E-state index contributed by atoms with van der Waals surface area (Å²) in [6.45, 7) is 1.84. The van der Waals surface area contributed by atoms with Crippen molar-refractivity contribution in [1.82, 2.24) is 15.2 Å². The number of nitrogens with zero attached hydrogens (tertiary/aromatic N) is 2. The lowest BCUT2D eigenvalue weighted by Gasteiger charge is -2.19. The minimum atomic E-state index is -0.0339. The molecule has 0 saturated carbocycles. The van der Waals surface area contributed by atoms with Gasteiger partial charge in [0.25, 0.3) is 5.91 Å². The Morgan fingerprint density at radius 3 is 3.18 bits per heavy atom. The molecule has 1 aliphatic heterocycles. The summed E-state index contributed by atoms with van der Waals surface area (Å²) in [7, 11) is 2.10. The number of rotatable bonds is 3. The fourth-order valence-corrected chi connectivity index (χ4v) is 2.46. The van der Waals surface area contributed by atoms with Crippen molar-refractivity contribution in [3.63, 3.8) is 0 Å². The Bertz CT molecular complexity index is 410. The maximum absolute atomic E-state index is 11.9. The van der Waals surface area contributed by atoms with Gasteiger partial charge in [-0.15, -0.1) is 0 Å². The molecule has 1 fully saturated rings. The number of amides is 1. The van der Waals surface area contributed by atoms with Crippen LogP contribution in [0.3, 0.4) is 0 Å². The number of aromatic nitrogens is 1. The fraction of sp³-hybridized carbons (Fsp3) is 0.500. The summed E-state index contributed by atoms with van der Waals surface area (Å²) in [6, 6.07) is 3.93. The summed E-state index contributed by atoms with van der Waals surface area (Å²) in [5.41, 5.74) is 0.646. The second-order valence-electron chi connectivity index (χ2n) is 4.35. The van der Waals surface area contributed by atoms with Gasteiger partial charge in [-0.05, 0) is 54.5 Å². The van der Waals surface area contributed by atoms with Crippen molar-refractivity contribution < 1.29 is 4.79 Å².